The summed E-state index contributed by atoms with van der Waals surface area (Å²) in [6.07, 6.45) is 18.8. The minimum absolute atomic E-state index is 0.0514. The van der Waals surface area contributed by atoms with E-state index in [1.807, 2.05) is 0 Å². The molecule has 4 unspecified atom stereocenters. The molecule has 2 amide bonds. The lowest BCUT2D eigenvalue weighted by Crippen LogP contribution is -2.59. The van der Waals surface area contributed by atoms with Gasteiger partial charge in [0, 0.05) is 18.0 Å². The van der Waals surface area contributed by atoms with Crippen LogP contribution in [-0.4, -0.2) is 29.3 Å². The van der Waals surface area contributed by atoms with Crippen molar-refractivity contribution in [3.63, 3.8) is 0 Å². The Morgan fingerprint density at radius 2 is 1.58 bits per heavy atom. The maximum absolute atomic E-state index is 12.6. The first-order valence-electron chi connectivity index (χ1n) is 13.6. The number of aliphatic hydroxyl groups is 1. The molecule has 0 aromatic carbocycles. The third-order valence-corrected chi connectivity index (χ3v) is 11.4. The zero-order valence-corrected chi connectivity index (χ0v) is 20.1. The summed E-state index contributed by atoms with van der Waals surface area (Å²) in [4.78, 5) is 12.6. The average Bonchev–Trinajstić information content (AvgIpc) is 3.04. The third-order valence-electron chi connectivity index (χ3n) is 11.4. The van der Waals surface area contributed by atoms with Crippen molar-refractivity contribution in [1.82, 2.24) is 10.6 Å². The molecule has 0 aromatic heterocycles. The lowest BCUT2D eigenvalue weighted by atomic mass is 9.44. The van der Waals surface area contributed by atoms with E-state index < -0.39 is 5.60 Å². The number of hydrogen-bond acceptors (Lipinski definition) is 2. The molecular formula is C27H46N2O2. The maximum Gasteiger partial charge on any atom is 0.315 e. The normalized spacial score (nSPS) is 47.7. The highest BCUT2D eigenvalue weighted by molar-refractivity contribution is 5.74. The SMILES string of the molecule is C[C@]12CCCCC1CCC1C2CC[C@@]2(C)C1CC[C@]2(O)CNC(=O)NC1CCCCC1. The molecule has 3 N–H and O–H groups in total. The van der Waals surface area contributed by atoms with E-state index in [0.29, 0.717) is 23.9 Å². The van der Waals surface area contributed by atoms with Crippen molar-refractivity contribution in [1.29, 1.82) is 0 Å². The van der Waals surface area contributed by atoms with E-state index in [9.17, 15) is 9.90 Å². The molecule has 0 aromatic rings. The quantitative estimate of drug-likeness (QED) is 0.531. The number of carbonyl (C=O) groups is 1. The van der Waals surface area contributed by atoms with Gasteiger partial charge in [0.05, 0.1) is 5.60 Å². The van der Waals surface area contributed by atoms with Crippen molar-refractivity contribution in [3.8, 4) is 0 Å². The molecule has 7 atom stereocenters. The summed E-state index contributed by atoms with van der Waals surface area (Å²) in [6, 6.07) is 0.244. The molecule has 0 spiro atoms. The summed E-state index contributed by atoms with van der Waals surface area (Å²) in [5.74, 6) is 3.20. The van der Waals surface area contributed by atoms with Crippen molar-refractivity contribution in [3.05, 3.63) is 0 Å². The third kappa shape index (κ3) is 3.63. The molecule has 0 radical (unpaired) electrons. The van der Waals surface area contributed by atoms with E-state index in [0.717, 1.165) is 49.9 Å². The van der Waals surface area contributed by atoms with Gasteiger partial charge in [-0.3, -0.25) is 0 Å². The molecular weight excluding hydrogens is 384 g/mol. The first kappa shape index (κ1) is 22.0. The van der Waals surface area contributed by atoms with Crippen LogP contribution in [0, 0.1) is 34.5 Å². The Bertz CT molecular complexity index is 676. The summed E-state index contributed by atoms with van der Waals surface area (Å²) in [7, 11) is 0. The van der Waals surface area contributed by atoms with Gasteiger partial charge in [-0.1, -0.05) is 46.0 Å². The highest BCUT2D eigenvalue weighted by Crippen LogP contribution is 2.68. The van der Waals surface area contributed by atoms with Crippen LogP contribution in [0.4, 0.5) is 4.79 Å². The molecule has 31 heavy (non-hydrogen) atoms. The zero-order chi connectivity index (χ0) is 21.7. The van der Waals surface area contributed by atoms with Crippen molar-refractivity contribution >= 4 is 6.03 Å². The van der Waals surface area contributed by atoms with E-state index >= 15 is 0 Å². The van der Waals surface area contributed by atoms with E-state index in [2.05, 4.69) is 24.5 Å². The van der Waals surface area contributed by atoms with E-state index in [-0.39, 0.29) is 11.4 Å². The first-order chi connectivity index (χ1) is 14.9. The Hall–Kier alpha value is -0.770. The fourth-order valence-corrected chi connectivity index (χ4v) is 9.41. The van der Waals surface area contributed by atoms with E-state index in [1.165, 1.54) is 64.2 Å². The molecule has 176 valence electrons. The first-order valence-corrected chi connectivity index (χ1v) is 13.6. The minimum Gasteiger partial charge on any atom is -0.387 e. The molecule has 5 rings (SSSR count). The predicted molar refractivity (Wildman–Crippen MR) is 125 cm³/mol. The smallest absolute Gasteiger partial charge is 0.315 e. The Labute approximate surface area is 189 Å². The molecule has 0 bridgehead atoms. The molecule has 5 saturated carbocycles. The topological polar surface area (TPSA) is 61.4 Å². The van der Waals surface area contributed by atoms with Crippen LogP contribution in [0.25, 0.3) is 0 Å². The number of carbonyl (C=O) groups excluding carboxylic acids is 1. The number of hydrogen-bond donors (Lipinski definition) is 3. The second-order valence-electron chi connectivity index (χ2n) is 12.6. The van der Waals surface area contributed by atoms with Gasteiger partial charge in [-0.15, -0.1) is 0 Å². The van der Waals surface area contributed by atoms with Crippen LogP contribution < -0.4 is 10.6 Å². The highest BCUT2D eigenvalue weighted by atomic mass is 16.3. The van der Waals surface area contributed by atoms with Gasteiger partial charge < -0.3 is 15.7 Å². The largest absolute Gasteiger partial charge is 0.387 e. The molecule has 5 aliphatic carbocycles. The number of amides is 2. The average molecular weight is 431 g/mol. The van der Waals surface area contributed by atoms with Crippen LogP contribution in [0.1, 0.15) is 110 Å². The van der Waals surface area contributed by atoms with Gasteiger partial charge in [-0.25, -0.2) is 4.79 Å². The molecule has 0 aliphatic heterocycles. The molecule has 0 saturated heterocycles. The lowest BCUT2D eigenvalue weighted by Gasteiger charge is -2.61. The monoisotopic (exact) mass is 430 g/mol. The highest BCUT2D eigenvalue weighted by Gasteiger charge is 2.64. The van der Waals surface area contributed by atoms with Crippen LogP contribution >= 0.6 is 0 Å². The Morgan fingerprint density at radius 3 is 2.39 bits per heavy atom. The van der Waals surface area contributed by atoms with Gasteiger partial charge in [0.25, 0.3) is 0 Å². The van der Waals surface area contributed by atoms with Gasteiger partial charge in [-0.05, 0) is 93.3 Å². The van der Waals surface area contributed by atoms with Gasteiger partial charge in [0.15, 0.2) is 0 Å². The molecule has 0 heterocycles. The second-order valence-corrected chi connectivity index (χ2v) is 12.6. The molecule has 5 fully saturated rings. The van der Waals surface area contributed by atoms with E-state index in [4.69, 9.17) is 0 Å². The summed E-state index contributed by atoms with van der Waals surface area (Å²) in [5, 5.41) is 18.1. The van der Waals surface area contributed by atoms with Crippen molar-refractivity contribution in [2.75, 3.05) is 6.54 Å². The number of rotatable bonds is 3. The van der Waals surface area contributed by atoms with Crippen molar-refractivity contribution in [2.24, 2.45) is 34.5 Å². The van der Waals surface area contributed by atoms with E-state index in [1.54, 1.807) is 0 Å². The summed E-state index contributed by atoms with van der Waals surface area (Å²) >= 11 is 0. The van der Waals surface area contributed by atoms with Crippen LogP contribution in [0.5, 0.6) is 0 Å². The fraction of sp³-hybridized carbons (Fsp3) is 0.963. The van der Waals surface area contributed by atoms with Gasteiger partial charge in [-0.2, -0.15) is 0 Å². The summed E-state index contributed by atoms with van der Waals surface area (Å²) in [6.45, 7) is 5.39. The Balaban J connectivity index is 1.25. The van der Waals surface area contributed by atoms with Crippen LogP contribution in [0.2, 0.25) is 0 Å². The van der Waals surface area contributed by atoms with Gasteiger partial charge in [0.2, 0.25) is 0 Å². The summed E-state index contributed by atoms with van der Waals surface area (Å²) in [5.41, 5.74) is -0.262. The standard InChI is InChI=1S/C27H46N2O2/c1-25-15-7-6-8-19(25)11-12-21-22(25)13-16-26(2)23(21)14-17-27(26,31)18-28-24(30)29-20-9-4-3-5-10-20/h19-23,31H,3-18H2,1-2H3,(H2,28,29,30)/t19?,21?,22?,23?,25-,26-,27-/m0/s1. The Kier molecular flexibility index (Phi) is 5.85. The van der Waals surface area contributed by atoms with Crippen LogP contribution in [0.3, 0.4) is 0 Å². The van der Waals surface area contributed by atoms with Gasteiger partial charge in [0.1, 0.15) is 0 Å². The number of nitrogens with one attached hydrogen (secondary N) is 2. The number of fused-ring (bicyclic) bond motifs is 5. The second kappa shape index (κ2) is 8.22. The molecule has 4 heteroatoms. The minimum atomic E-state index is -0.753. The molecule has 4 nitrogen and oxygen atoms in total. The maximum atomic E-state index is 12.6. The summed E-state index contributed by atoms with van der Waals surface area (Å²) < 4.78 is 0. The lowest BCUT2D eigenvalue weighted by molar-refractivity contribution is -0.149. The Morgan fingerprint density at radius 1 is 0.839 bits per heavy atom. The fourth-order valence-electron chi connectivity index (χ4n) is 9.41. The number of urea groups is 1. The predicted octanol–water partition coefficient (Wildman–Crippen LogP) is 5.78. The van der Waals surface area contributed by atoms with Crippen molar-refractivity contribution < 1.29 is 9.90 Å². The zero-order valence-electron chi connectivity index (χ0n) is 20.1. The van der Waals surface area contributed by atoms with Gasteiger partial charge >= 0.3 is 6.03 Å². The molecule has 5 aliphatic rings. The van der Waals surface area contributed by atoms with Crippen molar-refractivity contribution in [2.45, 2.75) is 122 Å². The van der Waals surface area contributed by atoms with Crippen LogP contribution in [-0.2, 0) is 0 Å². The van der Waals surface area contributed by atoms with Crippen LogP contribution in [0.15, 0.2) is 0 Å².